The van der Waals surface area contributed by atoms with Crippen LogP contribution in [0, 0.1) is 13.8 Å². The fourth-order valence-electron chi connectivity index (χ4n) is 1.86. The summed E-state index contributed by atoms with van der Waals surface area (Å²) in [5, 5.41) is 3.16. The highest BCUT2D eigenvalue weighted by Gasteiger charge is 2.11. The molecule has 21 heavy (non-hydrogen) atoms. The molecule has 1 N–H and O–H groups in total. The second-order valence-electron chi connectivity index (χ2n) is 5.34. The zero-order valence-corrected chi connectivity index (χ0v) is 12.8. The molecule has 0 bridgehead atoms. The molecular formula is C17H20N2O2. The van der Waals surface area contributed by atoms with Crippen molar-refractivity contribution in [3.05, 3.63) is 53.2 Å². The quantitative estimate of drug-likeness (QED) is 0.686. The Bertz CT molecular complexity index is 651. The highest BCUT2D eigenvalue weighted by Crippen LogP contribution is 2.18. The number of carbonyl (C=O) groups is 1. The van der Waals surface area contributed by atoms with Crippen LogP contribution in [0.1, 0.15) is 35.5 Å². The lowest BCUT2D eigenvalue weighted by Gasteiger charge is -2.10. The smallest absolute Gasteiger partial charge is 0.362 e. The molecule has 0 unspecified atom stereocenters. The van der Waals surface area contributed by atoms with E-state index in [4.69, 9.17) is 4.74 Å². The van der Waals surface area contributed by atoms with Gasteiger partial charge in [0.1, 0.15) is 11.6 Å². The van der Waals surface area contributed by atoms with E-state index in [9.17, 15) is 4.79 Å². The zero-order chi connectivity index (χ0) is 15.4. The molecule has 0 aliphatic rings. The minimum atomic E-state index is -0.453. The van der Waals surface area contributed by atoms with Crippen LogP contribution >= 0.6 is 0 Å². The van der Waals surface area contributed by atoms with Gasteiger partial charge in [0.2, 0.25) is 0 Å². The van der Waals surface area contributed by atoms with E-state index < -0.39 is 5.97 Å². The van der Waals surface area contributed by atoms with E-state index in [-0.39, 0.29) is 6.04 Å². The summed E-state index contributed by atoms with van der Waals surface area (Å²) >= 11 is 0. The molecule has 2 rings (SSSR count). The van der Waals surface area contributed by atoms with Gasteiger partial charge in [-0.1, -0.05) is 12.1 Å². The second kappa shape index (κ2) is 6.39. The van der Waals surface area contributed by atoms with E-state index in [1.165, 1.54) is 0 Å². The molecule has 0 aliphatic carbocycles. The summed E-state index contributed by atoms with van der Waals surface area (Å²) in [7, 11) is 0. The lowest BCUT2D eigenvalue weighted by atomic mass is 10.1. The lowest BCUT2D eigenvalue weighted by molar-refractivity contribution is 0.0728. The van der Waals surface area contributed by atoms with E-state index in [1.54, 1.807) is 18.2 Å². The maximum absolute atomic E-state index is 12.1. The largest absolute Gasteiger partial charge is 0.422 e. The number of pyridine rings is 1. The normalized spacial score (nSPS) is 10.5. The number of aromatic nitrogens is 1. The number of aryl methyl sites for hydroxylation is 2. The Labute approximate surface area is 125 Å². The van der Waals surface area contributed by atoms with Gasteiger partial charge in [-0.3, -0.25) is 0 Å². The van der Waals surface area contributed by atoms with Crippen molar-refractivity contribution in [1.82, 2.24) is 4.98 Å². The lowest BCUT2D eigenvalue weighted by Crippen LogP contribution is -2.15. The fourth-order valence-corrected chi connectivity index (χ4v) is 1.86. The predicted octanol–water partition coefficient (Wildman–Crippen LogP) is 3.74. The minimum Gasteiger partial charge on any atom is -0.422 e. The summed E-state index contributed by atoms with van der Waals surface area (Å²) in [6, 6.07) is 11.1. The van der Waals surface area contributed by atoms with Crippen molar-refractivity contribution < 1.29 is 9.53 Å². The van der Waals surface area contributed by atoms with Crippen LogP contribution < -0.4 is 10.1 Å². The first kappa shape index (κ1) is 15.0. The first-order chi connectivity index (χ1) is 9.95. The molecule has 0 radical (unpaired) electrons. The number of nitrogens with one attached hydrogen (secondary N) is 1. The molecule has 110 valence electrons. The number of esters is 1. The number of rotatable bonds is 4. The van der Waals surface area contributed by atoms with Crippen molar-refractivity contribution in [2.24, 2.45) is 0 Å². The molecule has 2 aromatic rings. The third kappa shape index (κ3) is 4.05. The van der Waals surface area contributed by atoms with Crippen molar-refractivity contribution in [3.63, 3.8) is 0 Å². The Hall–Kier alpha value is -2.36. The summed E-state index contributed by atoms with van der Waals surface area (Å²) in [6.07, 6.45) is 0. The summed E-state index contributed by atoms with van der Waals surface area (Å²) in [5.74, 6) is 0.748. The third-order valence-electron chi connectivity index (χ3n) is 3.08. The first-order valence-corrected chi connectivity index (χ1v) is 6.99. The zero-order valence-electron chi connectivity index (χ0n) is 12.8. The number of ether oxygens (including phenoxy) is 1. The Balaban J connectivity index is 2.14. The molecule has 0 amide bonds. The van der Waals surface area contributed by atoms with Crippen molar-refractivity contribution in [2.75, 3.05) is 5.32 Å². The number of hydrogen-bond donors (Lipinski definition) is 1. The number of nitrogens with zero attached hydrogens (tertiary/aromatic N) is 1. The Morgan fingerprint density at radius 1 is 1.14 bits per heavy atom. The summed E-state index contributed by atoms with van der Waals surface area (Å²) < 4.78 is 5.37. The molecule has 0 spiro atoms. The highest BCUT2D eigenvalue weighted by molar-refractivity contribution is 5.89. The molecule has 0 saturated carbocycles. The monoisotopic (exact) mass is 284 g/mol. The van der Waals surface area contributed by atoms with Gasteiger partial charge in [0.05, 0.1) is 0 Å². The number of carbonyl (C=O) groups excluding carboxylic acids is 1. The van der Waals surface area contributed by atoms with Crippen molar-refractivity contribution >= 4 is 11.8 Å². The van der Waals surface area contributed by atoms with Crippen molar-refractivity contribution in [2.45, 2.75) is 33.7 Å². The molecular weight excluding hydrogens is 264 g/mol. The van der Waals surface area contributed by atoms with Crippen molar-refractivity contribution in [1.29, 1.82) is 0 Å². The maximum Gasteiger partial charge on any atom is 0.362 e. The van der Waals surface area contributed by atoms with Crippen LogP contribution in [0.5, 0.6) is 5.75 Å². The van der Waals surface area contributed by atoms with Gasteiger partial charge in [0.15, 0.2) is 5.69 Å². The highest BCUT2D eigenvalue weighted by atomic mass is 16.5. The van der Waals surface area contributed by atoms with Crippen LogP contribution in [0.3, 0.4) is 0 Å². The summed E-state index contributed by atoms with van der Waals surface area (Å²) in [5.41, 5.74) is 2.54. The maximum atomic E-state index is 12.1. The molecule has 0 aliphatic heterocycles. The molecule has 4 heteroatoms. The van der Waals surface area contributed by atoms with Gasteiger partial charge in [-0.2, -0.15) is 0 Å². The van der Waals surface area contributed by atoms with Gasteiger partial charge in [0.25, 0.3) is 0 Å². The van der Waals surface area contributed by atoms with E-state index in [0.29, 0.717) is 17.3 Å². The molecule has 0 atom stereocenters. The van der Waals surface area contributed by atoms with E-state index >= 15 is 0 Å². The predicted molar refractivity (Wildman–Crippen MR) is 83.9 cm³/mol. The topological polar surface area (TPSA) is 51.2 Å². The van der Waals surface area contributed by atoms with Gasteiger partial charge < -0.3 is 10.1 Å². The SMILES string of the molecule is Cc1ccc(OC(=O)c2cccc(NC(C)C)n2)cc1C. The van der Waals surface area contributed by atoms with E-state index in [0.717, 1.165) is 11.1 Å². The van der Waals surface area contributed by atoms with Crippen molar-refractivity contribution in [3.8, 4) is 5.75 Å². The van der Waals surface area contributed by atoms with Crippen LogP contribution in [-0.4, -0.2) is 17.0 Å². The summed E-state index contributed by atoms with van der Waals surface area (Å²) in [4.78, 5) is 16.4. The second-order valence-corrected chi connectivity index (χ2v) is 5.34. The molecule has 4 nitrogen and oxygen atoms in total. The molecule has 0 saturated heterocycles. The van der Waals surface area contributed by atoms with E-state index in [1.807, 2.05) is 45.9 Å². The Kier molecular flexibility index (Phi) is 4.58. The number of benzene rings is 1. The van der Waals surface area contributed by atoms with Crippen LogP contribution in [0.2, 0.25) is 0 Å². The van der Waals surface area contributed by atoms with E-state index in [2.05, 4.69) is 10.3 Å². The average Bonchev–Trinajstić information content (AvgIpc) is 2.42. The van der Waals surface area contributed by atoms with Gasteiger partial charge in [0, 0.05) is 6.04 Å². The van der Waals surface area contributed by atoms with Gasteiger partial charge >= 0.3 is 5.97 Å². The minimum absolute atomic E-state index is 0.253. The molecule has 1 aromatic carbocycles. The molecule has 0 fully saturated rings. The van der Waals surface area contributed by atoms with Crippen LogP contribution in [0.15, 0.2) is 36.4 Å². The first-order valence-electron chi connectivity index (χ1n) is 6.99. The fraction of sp³-hybridized carbons (Fsp3) is 0.294. The number of anilines is 1. The third-order valence-corrected chi connectivity index (χ3v) is 3.08. The summed E-state index contributed by atoms with van der Waals surface area (Å²) in [6.45, 7) is 8.03. The average molecular weight is 284 g/mol. The Morgan fingerprint density at radius 3 is 2.57 bits per heavy atom. The van der Waals surface area contributed by atoms with Crippen LogP contribution in [-0.2, 0) is 0 Å². The number of hydrogen-bond acceptors (Lipinski definition) is 4. The van der Waals surface area contributed by atoms with Crippen LogP contribution in [0.4, 0.5) is 5.82 Å². The van der Waals surface area contributed by atoms with Gasteiger partial charge in [-0.25, -0.2) is 9.78 Å². The molecule has 1 heterocycles. The molecule has 1 aromatic heterocycles. The van der Waals surface area contributed by atoms with Gasteiger partial charge in [-0.15, -0.1) is 0 Å². The van der Waals surface area contributed by atoms with Gasteiger partial charge in [-0.05, 0) is 63.1 Å². The standard InChI is InChI=1S/C17H20N2O2/c1-11(2)18-16-7-5-6-15(19-16)17(20)21-14-9-8-12(3)13(4)10-14/h5-11H,1-4H3,(H,18,19). The van der Waals surface area contributed by atoms with Crippen LogP contribution in [0.25, 0.3) is 0 Å². The Morgan fingerprint density at radius 2 is 1.90 bits per heavy atom.